The zero-order valence-electron chi connectivity index (χ0n) is 27.6. The number of unbranched alkanes of at least 4 members (excludes halogenated alkanes) is 8. The molecule has 2 N–H and O–H groups in total. The van der Waals surface area contributed by atoms with Crippen molar-refractivity contribution in [2.75, 3.05) is 6.61 Å². The summed E-state index contributed by atoms with van der Waals surface area (Å²) in [6, 6.07) is 2.58. The largest absolute Gasteiger partial charge is 0.462 e. The molecule has 0 aromatic rings. The van der Waals surface area contributed by atoms with E-state index in [1.165, 1.54) is 51.4 Å². The molecular formula is C35H57N6O3+. The maximum Gasteiger partial charge on any atom is 0.377 e. The van der Waals surface area contributed by atoms with Crippen LogP contribution in [0.5, 0.6) is 0 Å². The normalized spacial score (nSPS) is 30.6. The lowest BCUT2D eigenvalue weighted by atomic mass is 9.97. The number of rotatable bonds is 15. The van der Waals surface area contributed by atoms with Gasteiger partial charge in [0.25, 0.3) is 0 Å². The van der Waals surface area contributed by atoms with Crippen LogP contribution in [0.1, 0.15) is 143 Å². The van der Waals surface area contributed by atoms with Gasteiger partial charge < -0.3 is 9.64 Å². The molecule has 9 heteroatoms. The van der Waals surface area contributed by atoms with Crippen LogP contribution >= 0.6 is 0 Å². The average Bonchev–Trinajstić information content (AvgIpc) is 3.61. The molecule has 0 saturated carbocycles. The Morgan fingerprint density at radius 3 is 2.52 bits per heavy atom. The minimum absolute atomic E-state index is 0.209. The van der Waals surface area contributed by atoms with Gasteiger partial charge in [-0.1, -0.05) is 58.3 Å². The van der Waals surface area contributed by atoms with Gasteiger partial charge in [0.2, 0.25) is 5.96 Å². The van der Waals surface area contributed by atoms with Gasteiger partial charge in [0, 0.05) is 24.6 Å². The summed E-state index contributed by atoms with van der Waals surface area (Å²) in [5.41, 5.74) is 2.52. The Labute approximate surface area is 264 Å². The van der Waals surface area contributed by atoms with E-state index in [4.69, 9.17) is 14.7 Å². The van der Waals surface area contributed by atoms with Gasteiger partial charge in [-0.2, -0.15) is 0 Å². The Balaban J connectivity index is 0.901. The first kappa shape index (κ1) is 31.6. The molecule has 244 valence electrons. The number of hydrogen-bond acceptors (Lipinski definition) is 8. The fourth-order valence-electron chi connectivity index (χ4n) is 8.84. The number of hydrogen-bond donors (Lipinski definition) is 2. The second kappa shape index (κ2) is 14.3. The molecule has 0 bridgehead atoms. The molecule has 2 fully saturated rings. The van der Waals surface area contributed by atoms with Crippen molar-refractivity contribution >= 4 is 23.6 Å². The third-order valence-corrected chi connectivity index (χ3v) is 11.1. The molecule has 0 aromatic carbocycles. The van der Waals surface area contributed by atoms with E-state index in [1.807, 2.05) is 6.92 Å². The van der Waals surface area contributed by atoms with E-state index < -0.39 is 0 Å². The molecule has 6 heterocycles. The number of hydroxylamine groups is 2. The Kier molecular flexibility index (Phi) is 10.3. The maximum absolute atomic E-state index is 13.2. The number of allylic oxidation sites excluding steroid dienone is 1. The van der Waals surface area contributed by atoms with Crippen LogP contribution in [0.3, 0.4) is 0 Å². The fourth-order valence-corrected chi connectivity index (χ4v) is 8.84. The molecule has 2 saturated heterocycles. The molecule has 0 aromatic heterocycles. The van der Waals surface area contributed by atoms with Gasteiger partial charge >= 0.3 is 11.9 Å². The van der Waals surface area contributed by atoms with Crippen molar-refractivity contribution in [1.82, 2.24) is 15.3 Å². The molecule has 0 amide bonds. The van der Waals surface area contributed by atoms with Gasteiger partial charge in [-0.3, -0.25) is 9.89 Å². The Bertz CT molecular complexity index is 1180. The molecular weight excluding hydrogens is 552 g/mol. The van der Waals surface area contributed by atoms with Gasteiger partial charge in [0.05, 0.1) is 36.5 Å². The lowest BCUT2D eigenvalue weighted by Crippen LogP contribution is -2.62. The standard InChI is InChI=1S/C35H56N6O3/c1-4-5-6-8-11-14-26-22-28-18-19-31-32(25(3)37-34(38-26)40(28)31)33(42)44-20-13-10-7-9-12-15-30-23-29-17-16-27-21-24(2)36-35(39(27)29)41(30)43/h24,26-30,43H,4-23H2,1-3H3/p+1/t24-,26-,27+,28+,29+,30-/m1/s1. The van der Waals surface area contributed by atoms with Gasteiger partial charge in [-0.25, -0.2) is 20.0 Å². The van der Waals surface area contributed by atoms with E-state index in [0.717, 1.165) is 94.0 Å². The van der Waals surface area contributed by atoms with Crippen LogP contribution in [0.2, 0.25) is 0 Å². The Hall–Kier alpha value is -2.42. The average molecular weight is 610 g/mol. The van der Waals surface area contributed by atoms with Gasteiger partial charge in [-0.15, -0.1) is 5.06 Å². The van der Waals surface area contributed by atoms with Crippen LogP contribution in [0.25, 0.3) is 0 Å². The molecule has 6 aliphatic heterocycles. The minimum Gasteiger partial charge on any atom is -0.462 e. The molecule has 6 atom stereocenters. The monoisotopic (exact) mass is 609 g/mol. The molecule has 0 aliphatic carbocycles. The van der Waals surface area contributed by atoms with Crippen molar-refractivity contribution < 1.29 is 19.3 Å². The summed E-state index contributed by atoms with van der Waals surface area (Å²) in [4.78, 5) is 25.3. The number of nitrogens with zero attached hydrogens (tertiary/aromatic N) is 5. The van der Waals surface area contributed by atoms with E-state index in [-0.39, 0.29) is 12.0 Å². The lowest BCUT2D eigenvalue weighted by molar-refractivity contribution is -0.602. The minimum atomic E-state index is -0.217. The van der Waals surface area contributed by atoms with Crippen LogP contribution in [0, 0.1) is 0 Å². The van der Waals surface area contributed by atoms with Crippen molar-refractivity contribution in [3.63, 3.8) is 0 Å². The summed E-state index contributed by atoms with van der Waals surface area (Å²) < 4.78 is 8.26. The quantitative estimate of drug-likeness (QED) is 0.129. The molecule has 9 nitrogen and oxygen atoms in total. The predicted molar refractivity (Wildman–Crippen MR) is 174 cm³/mol. The molecule has 0 unspecified atom stereocenters. The first-order valence-electron chi connectivity index (χ1n) is 18.2. The van der Waals surface area contributed by atoms with E-state index >= 15 is 0 Å². The summed E-state index contributed by atoms with van der Waals surface area (Å²) in [7, 11) is 0. The van der Waals surface area contributed by atoms with Crippen LogP contribution in [-0.4, -0.2) is 86.2 Å². The van der Waals surface area contributed by atoms with E-state index in [1.54, 1.807) is 5.06 Å². The molecule has 6 aliphatic rings. The summed E-state index contributed by atoms with van der Waals surface area (Å²) in [5, 5.41) is 16.1. The summed E-state index contributed by atoms with van der Waals surface area (Å²) in [6.45, 7) is 6.89. The predicted octanol–water partition coefficient (Wildman–Crippen LogP) is 6.30. The third kappa shape index (κ3) is 6.73. The molecule has 0 radical (unpaired) electrons. The zero-order chi connectivity index (χ0) is 30.6. The number of nitrogens with one attached hydrogen (secondary N) is 1. The Morgan fingerprint density at radius 1 is 0.977 bits per heavy atom. The van der Waals surface area contributed by atoms with E-state index in [2.05, 4.69) is 28.6 Å². The summed E-state index contributed by atoms with van der Waals surface area (Å²) in [6.07, 6.45) is 21.8. The topological polar surface area (TPSA) is 92.8 Å². The lowest BCUT2D eigenvalue weighted by Gasteiger charge is -2.37. The van der Waals surface area contributed by atoms with Crippen molar-refractivity contribution in [2.45, 2.75) is 179 Å². The molecule has 44 heavy (non-hydrogen) atoms. The number of esters is 1. The highest BCUT2D eigenvalue weighted by Crippen LogP contribution is 2.40. The van der Waals surface area contributed by atoms with Crippen molar-refractivity contribution in [3.05, 3.63) is 11.3 Å². The fraction of sp³-hybridized carbons (Fsp3) is 0.829. The number of aliphatic imine (C=N–C) groups is 2. The second-order valence-corrected chi connectivity index (χ2v) is 14.4. The molecule has 6 rings (SSSR count). The SMILES string of the molecule is CCCCCCC[C@@H]1C[C@@H]2CCC3=C(C(=O)OCCCCCCC[C@@H]4C[C@@H]5CC[C@H]6C[C@@H](C)NC(=[N+]56)N4O)C(C)=NC(=N1)N32. The molecule has 0 spiro atoms. The van der Waals surface area contributed by atoms with E-state index in [0.29, 0.717) is 42.4 Å². The highest BCUT2D eigenvalue weighted by Gasteiger charge is 2.49. The van der Waals surface area contributed by atoms with Crippen LogP contribution < -0.4 is 5.32 Å². The highest BCUT2D eigenvalue weighted by molar-refractivity contribution is 6.23. The first-order valence-corrected chi connectivity index (χ1v) is 18.2. The summed E-state index contributed by atoms with van der Waals surface area (Å²) >= 11 is 0. The first-order chi connectivity index (χ1) is 21.4. The van der Waals surface area contributed by atoms with Crippen LogP contribution in [0.4, 0.5) is 0 Å². The van der Waals surface area contributed by atoms with Crippen molar-refractivity contribution in [2.24, 2.45) is 9.98 Å². The number of guanidine groups is 2. The van der Waals surface area contributed by atoms with Gasteiger partial charge in [-0.05, 0) is 71.6 Å². The Morgan fingerprint density at radius 2 is 1.70 bits per heavy atom. The van der Waals surface area contributed by atoms with Crippen molar-refractivity contribution in [3.8, 4) is 0 Å². The van der Waals surface area contributed by atoms with Gasteiger partial charge in [0.15, 0.2) is 0 Å². The smallest absolute Gasteiger partial charge is 0.377 e. The number of carbonyl (C=O) groups excluding carboxylic acids is 1. The number of ether oxygens (including phenoxy) is 1. The van der Waals surface area contributed by atoms with Crippen molar-refractivity contribution in [1.29, 1.82) is 0 Å². The maximum atomic E-state index is 13.2. The number of carbonyl (C=O) groups is 1. The van der Waals surface area contributed by atoms with Crippen LogP contribution in [-0.2, 0) is 9.53 Å². The zero-order valence-corrected chi connectivity index (χ0v) is 27.6. The van der Waals surface area contributed by atoms with Crippen LogP contribution in [0.15, 0.2) is 21.3 Å². The van der Waals surface area contributed by atoms with Gasteiger partial charge in [0.1, 0.15) is 11.6 Å². The highest BCUT2D eigenvalue weighted by atomic mass is 16.5. The summed E-state index contributed by atoms with van der Waals surface area (Å²) in [5.74, 6) is 1.57. The third-order valence-electron chi connectivity index (χ3n) is 11.1. The second-order valence-electron chi connectivity index (χ2n) is 14.4. The van der Waals surface area contributed by atoms with E-state index in [9.17, 15) is 10.0 Å².